The zero-order valence-corrected chi connectivity index (χ0v) is 20.6. The molecule has 1 fully saturated rings. The summed E-state index contributed by atoms with van der Waals surface area (Å²) in [6, 6.07) is 10.4. The molecule has 0 bridgehead atoms. The van der Waals surface area contributed by atoms with Crippen molar-refractivity contribution in [2.45, 2.75) is 64.6 Å². The highest BCUT2D eigenvalue weighted by Gasteiger charge is 2.32. The summed E-state index contributed by atoms with van der Waals surface area (Å²) in [7, 11) is 0. The summed E-state index contributed by atoms with van der Waals surface area (Å²) in [5.74, 6) is 0.955. The molecular formula is C28H32FN5O. The van der Waals surface area contributed by atoms with Crippen LogP contribution < -0.4 is 20.3 Å². The van der Waals surface area contributed by atoms with Gasteiger partial charge in [-0.1, -0.05) is 6.07 Å². The number of anilines is 3. The van der Waals surface area contributed by atoms with E-state index in [1.54, 1.807) is 6.07 Å². The molecule has 1 aromatic heterocycles. The molecule has 3 aromatic rings. The first-order valence-electron chi connectivity index (χ1n) is 12.7. The monoisotopic (exact) mass is 473 g/mol. The van der Waals surface area contributed by atoms with Crippen LogP contribution in [0.4, 0.5) is 21.7 Å². The first-order valence-corrected chi connectivity index (χ1v) is 12.7. The van der Waals surface area contributed by atoms with Crippen molar-refractivity contribution < 1.29 is 9.13 Å². The standard InChI is InChI=1S/C28H32FN5O/c1-16(2)34-17(3)15-35-27-24(29)11-20(12-25(27)34)26-23(19-4-5-19)14-31-28(33-26)32-22-7-6-18-8-9-30-13-21(18)10-22/h6-7,10-12,14,16-17,19,30H,4-5,8-9,13,15H2,1-3H3,(H,31,32,33). The Hall–Kier alpha value is -3.19. The normalized spacial score (nSPS) is 19.2. The van der Waals surface area contributed by atoms with Gasteiger partial charge in [0.05, 0.1) is 17.4 Å². The molecule has 0 radical (unpaired) electrons. The van der Waals surface area contributed by atoms with Crippen molar-refractivity contribution in [3.63, 3.8) is 0 Å². The Kier molecular flexibility index (Phi) is 5.60. The Bertz CT molecular complexity index is 1270. The van der Waals surface area contributed by atoms with Crippen molar-refractivity contribution >= 4 is 17.3 Å². The largest absolute Gasteiger partial charge is 0.486 e. The summed E-state index contributed by atoms with van der Waals surface area (Å²) in [5.41, 5.74) is 7.10. The highest BCUT2D eigenvalue weighted by Crippen LogP contribution is 2.46. The summed E-state index contributed by atoms with van der Waals surface area (Å²) in [6.07, 6.45) is 5.20. The molecule has 1 saturated carbocycles. The maximum absolute atomic E-state index is 15.3. The molecule has 0 amide bonds. The minimum atomic E-state index is -0.341. The molecule has 6 nitrogen and oxygen atoms in total. The summed E-state index contributed by atoms with van der Waals surface area (Å²) in [4.78, 5) is 11.8. The smallest absolute Gasteiger partial charge is 0.227 e. The van der Waals surface area contributed by atoms with E-state index >= 15 is 4.39 Å². The van der Waals surface area contributed by atoms with Gasteiger partial charge in [-0.25, -0.2) is 14.4 Å². The summed E-state index contributed by atoms with van der Waals surface area (Å²) in [6.45, 7) is 8.75. The van der Waals surface area contributed by atoms with Crippen molar-refractivity contribution in [3.8, 4) is 17.0 Å². The molecule has 1 atom stereocenters. The van der Waals surface area contributed by atoms with E-state index in [1.165, 1.54) is 11.1 Å². The van der Waals surface area contributed by atoms with Crippen LogP contribution in [0.25, 0.3) is 11.3 Å². The van der Waals surface area contributed by atoms with Crippen molar-refractivity contribution in [2.24, 2.45) is 0 Å². The Balaban J connectivity index is 1.40. The van der Waals surface area contributed by atoms with Gasteiger partial charge in [-0.15, -0.1) is 0 Å². The summed E-state index contributed by atoms with van der Waals surface area (Å²) in [5, 5.41) is 6.81. The number of hydrogen-bond donors (Lipinski definition) is 2. The fraction of sp³-hybridized carbons (Fsp3) is 0.429. The molecule has 182 valence electrons. The van der Waals surface area contributed by atoms with Crippen molar-refractivity contribution in [3.05, 3.63) is 59.0 Å². The second-order valence-corrected chi connectivity index (χ2v) is 10.3. The second kappa shape index (κ2) is 8.79. The van der Waals surface area contributed by atoms with Crippen LogP contribution in [0.1, 0.15) is 56.2 Å². The number of hydrogen-bond acceptors (Lipinski definition) is 6. The number of nitrogens with zero attached hydrogens (tertiary/aromatic N) is 3. The Labute approximate surface area is 205 Å². The van der Waals surface area contributed by atoms with Crippen LogP contribution in [-0.2, 0) is 13.0 Å². The van der Waals surface area contributed by atoms with Gasteiger partial charge in [0, 0.05) is 35.6 Å². The Morgan fingerprint density at radius 1 is 1.17 bits per heavy atom. The molecule has 2 aliphatic heterocycles. The van der Waals surface area contributed by atoms with Crippen LogP contribution in [0.15, 0.2) is 36.5 Å². The van der Waals surface area contributed by atoms with Crippen LogP contribution in [0.5, 0.6) is 5.75 Å². The average Bonchev–Trinajstić information content (AvgIpc) is 3.69. The number of nitrogens with one attached hydrogen (secondary N) is 2. The molecule has 1 unspecified atom stereocenters. The maximum atomic E-state index is 15.3. The zero-order chi connectivity index (χ0) is 24.1. The minimum absolute atomic E-state index is 0.168. The van der Waals surface area contributed by atoms with Crippen LogP contribution in [-0.4, -0.2) is 35.2 Å². The highest BCUT2D eigenvalue weighted by molar-refractivity contribution is 5.75. The zero-order valence-electron chi connectivity index (χ0n) is 20.6. The molecule has 0 saturated heterocycles. The number of ether oxygens (including phenoxy) is 1. The number of benzene rings is 2. The van der Waals surface area contributed by atoms with E-state index in [0.29, 0.717) is 24.2 Å². The second-order valence-electron chi connectivity index (χ2n) is 10.3. The van der Waals surface area contributed by atoms with E-state index in [0.717, 1.165) is 60.5 Å². The molecule has 1 aliphatic carbocycles. The van der Waals surface area contributed by atoms with Gasteiger partial charge >= 0.3 is 0 Å². The molecule has 7 heteroatoms. The van der Waals surface area contributed by atoms with E-state index in [-0.39, 0.29) is 17.9 Å². The van der Waals surface area contributed by atoms with Gasteiger partial charge in [-0.3, -0.25) is 0 Å². The Morgan fingerprint density at radius 3 is 2.83 bits per heavy atom. The summed E-state index contributed by atoms with van der Waals surface area (Å²) >= 11 is 0. The third-order valence-corrected chi connectivity index (χ3v) is 7.26. The lowest BCUT2D eigenvalue weighted by atomic mass is 10.0. The topological polar surface area (TPSA) is 62.3 Å². The van der Waals surface area contributed by atoms with E-state index < -0.39 is 0 Å². The minimum Gasteiger partial charge on any atom is -0.486 e. The average molecular weight is 474 g/mol. The van der Waals surface area contributed by atoms with Crippen LogP contribution in [0, 0.1) is 5.82 Å². The van der Waals surface area contributed by atoms with E-state index in [9.17, 15) is 0 Å². The van der Waals surface area contributed by atoms with Crippen molar-refractivity contribution in [2.75, 3.05) is 23.4 Å². The lowest BCUT2D eigenvalue weighted by molar-refractivity contribution is 0.252. The van der Waals surface area contributed by atoms with E-state index in [4.69, 9.17) is 9.72 Å². The van der Waals surface area contributed by atoms with Crippen LogP contribution in [0.2, 0.25) is 0 Å². The fourth-order valence-electron chi connectivity index (χ4n) is 5.42. The first kappa shape index (κ1) is 22.3. The van der Waals surface area contributed by atoms with Gasteiger partial charge in [-0.05, 0) is 87.9 Å². The fourth-order valence-corrected chi connectivity index (χ4v) is 5.42. The van der Waals surface area contributed by atoms with Gasteiger partial charge in [0.15, 0.2) is 11.6 Å². The van der Waals surface area contributed by atoms with Crippen LogP contribution in [0.3, 0.4) is 0 Å². The van der Waals surface area contributed by atoms with Crippen molar-refractivity contribution in [1.29, 1.82) is 0 Å². The van der Waals surface area contributed by atoms with Crippen LogP contribution >= 0.6 is 0 Å². The predicted octanol–water partition coefficient (Wildman–Crippen LogP) is 5.55. The number of rotatable bonds is 5. The third-order valence-electron chi connectivity index (χ3n) is 7.26. The quantitative estimate of drug-likeness (QED) is 0.507. The third kappa shape index (κ3) is 4.22. The van der Waals surface area contributed by atoms with Gasteiger partial charge in [0.2, 0.25) is 5.95 Å². The first-order chi connectivity index (χ1) is 17.0. The van der Waals surface area contributed by atoms with Crippen molar-refractivity contribution in [1.82, 2.24) is 15.3 Å². The number of aromatic nitrogens is 2. The lowest BCUT2D eigenvalue weighted by Gasteiger charge is -2.40. The number of halogens is 1. The van der Waals surface area contributed by atoms with E-state index in [2.05, 4.69) is 59.5 Å². The Morgan fingerprint density at radius 2 is 2.03 bits per heavy atom. The molecule has 2 aromatic carbocycles. The molecule has 2 N–H and O–H groups in total. The predicted molar refractivity (Wildman–Crippen MR) is 137 cm³/mol. The van der Waals surface area contributed by atoms with Gasteiger partial charge in [0.1, 0.15) is 6.61 Å². The molecule has 3 aliphatic rings. The highest BCUT2D eigenvalue weighted by atomic mass is 19.1. The maximum Gasteiger partial charge on any atom is 0.227 e. The molecule has 3 heterocycles. The SMILES string of the molecule is CC(C)N1c2cc(-c3nc(Nc4ccc5c(c4)CNCC5)ncc3C3CC3)cc(F)c2OCC1C. The van der Waals surface area contributed by atoms with Gasteiger partial charge in [0.25, 0.3) is 0 Å². The molecule has 0 spiro atoms. The number of fused-ring (bicyclic) bond motifs is 2. The molecule has 6 rings (SSSR count). The van der Waals surface area contributed by atoms with Gasteiger partial charge < -0.3 is 20.3 Å². The summed E-state index contributed by atoms with van der Waals surface area (Å²) < 4.78 is 21.1. The van der Waals surface area contributed by atoms with E-state index in [1.807, 2.05) is 12.3 Å². The lowest BCUT2D eigenvalue weighted by Crippen LogP contribution is -2.45. The van der Waals surface area contributed by atoms with Gasteiger partial charge in [-0.2, -0.15) is 0 Å². The molecule has 35 heavy (non-hydrogen) atoms. The molecular weight excluding hydrogens is 441 g/mol.